The van der Waals surface area contributed by atoms with Gasteiger partial charge < -0.3 is 9.67 Å². The Morgan fingerprint density at radius 2 is 2.00 bits per heavy atom. The number of thiazole rings is 1. The molecule has 22 heavy (non-hydrogen) atoms. The number of benzene rings is 1. The fourth-order valence-corrected chi connectivity index (χ4v) is 2.68. The molecular formula is C14H12F3N3OS. The van der Waals surface area contributed by atoms with Crippen molar-refractivity contribution in [3.8, 4) is 11.5 Å². The third-order valence-corrected chi connectivity index (χ3v) is 3.98. The van der Waals surface area contributed by atoms with Crippen molar-refractivity contribution in [2.45, 2.75) is 25.2 Å². The van der Waals surface area contributed by atoms with Gasteiger partial charge in [-0.2, -0.15) is 13.2 Å². The van der Waals surface area contributed by atoms with Gasteiger partial charge in [0.05, 0.1) is 23.1 Å². The Labute approximate surface area is 127 Å². The number of imidazole rings is 1. The van der Waals surface area contributed by atoms with E-state index in [1.54, 1.807) is 35.2 Å². The Kier molecular flexibility index (Phi) is 3.45. The molecule has 8 heteroatoms. The van der Waals surface area contributed by atoms with Crippen LogP contribution in [0.5, 0.6) is 0 Å². The number of nitrogens with zero attached hydrogens (tertiary/aromatic N) is 3. The molecule has 0 saturated carbocycles. The minimum absolute atomic E-state index is 0.312. The van der Waals surface area contributed by atoms with Crippen molar-refractivity contribution in [3.05, 3.63) is 35.2 Å². The summed E-state index contributed by atoms with van der Waals surface area (Å²) in [5.41, 5.74) is 0.292. The number of rotatable bonds is 3. The number of halogens is 3. The van der Waals surface area contributed by atoms with Crippen LogP contribution in [-0.2, 0) is 6.54 Å². The first-order valence-electron chi connectivity index (χ1n) is 6.42. The molecule has 1 aromatic carbocycles. The number of hydrogen-bond acceptors (Lipinski definition) is 4. The van der Waals surface area contributed by atoms with E-state index in [1.807, 2.05) is 0 Å². The summed E-state index contributed by atoms with van der Waals surface area (Å²) in [4.78, 5) is 8.46. The number of alkyl halides is 3. The molecule has 3 rings (SSSR count). The van der Waals surface area contributed by atoms with Gasteiger partial charge in [0.1, 0.15) is 5.69 Å². The summed E-state index contributed by atoms with van der Waals surface area (Å²) in [6, 6.07) is 6.86. The molecule has 0 aliphatic rings. The van der Waals surface area contributed by atoms with E-state index in [-0.39, 0.29) is 0 Å². The fourth-order valence-electron chi connectivity index (χ4n) is 2.15. The summed E-state index contributed by atoms with van der Waals surface area (Å²) in [7, 11) is 0. The summed E-state index contributed by atoms with van der Waals surface area (Å²) in [5.74, 6) is 0.312. The van der Waals surface area contributed by atoms with E-state index in [9.17, 15) is 18.3 Å². The van der Waals surface area contributed by atoms with Crippen molar-refractivity contribution in [1.29, 1.82) is 0 Å². The van der Waals surface area contributed by atoms with Crippen LogP contribution < -0.4 is 0 Å². The van der Waals surface area contributed by atoms with Crippen molar-refractivity contribution < 1.29 is 18.3 Å². The van der Waals surface area contributed by atoms with E-state index >= 15 is 0 Å². The van der Waals surface area contributed by atoms with E-state index in [1.165, 1.54) is 15.9 Å². The average Bonchev–Trinajstić information content (AvgIpc) is 3.05. The number of aromatic nitrogens is 3. The molecule has 0 aliphatic carbocycles. The monoisotopic (exact) mass is 327 g/mol. The highest BCUT2D eigenvalue weighted by molar-refractivity contribution is 7.07. The lowest BCUT2D eigenvalue weighted by molar-refractivity contribution is -0.257. The first-order valence-corrected chi connectivity index (χ1v) is 7.37. The Morgan fingerprint density at radius 1 is 1.27 bits per heavy atom. The molecule has 0 fully saturated rings. The van der Waals surface area contributed by atoms with Gasteiger partial charge in [0, 0.05) is 5.38 Å². The number of fused-ring (bicyclic) bond motifs is 1. The van der Waals surface area contributed by atoms with Gasteiger partial charge in [-0.3, -0.25) is 0 Å². The molecule has 0 saturated heterocycles. The van der Waals surface area contributed by atoms with Gasteiger partial charge in [-0.05, 0) is 19.1 Å². The lowest BCUT2D eigenvalue weighted by Gasteiger charge is -2.27. The SMILES string of the molecule is C[C@@](O)(Cn1c(-c2cscn2)nc2ccccc21)C(F)(F)F. The third kappa shape index (κ3) is 2.48. The molecule has 2 aromatic heterocycles. The van der Waals surface area contributed by atoms with Gasteiger partial charge in [0.25, 0.3) is 0 Å². The van der Waals surface area contributed by atoms with Gasteiger partial charge >= 0.3 is 6.18 Å². The first-order chi connectivity index (χ1) is 10.3. The van der Waals surface area contributed by atoms with Gasteiger partial charge in [-0.1, -0.05) is 12.1 Å². The molecule has 0 unspecified atom stereocenters. The van der Waals surface area contributed by atoms with E-state index in [2.05, 4.69) is 9.97 Å². The predicted molar refractivity (Wildman–Crippen MR) is 77.5 cm³/mol. The van der Waals surface area contributed by atoms with Crippen molar-refractivity contribution >= 4 is 22.4 Å². The average molecular weight is 327 g/mol. The lowest BCUT2D eigenvalue weighted by Crippen LogP contribution is -2.45. The van der Waals surface area contributed by atoms with Crippen LogP contribution in [0.15, 0.2) is 35.2 Å². The van der Waals surface area contributed by atoms with Gasteiger partial charge in [0.2, 0.25) is 0 Å². The number of para-hydroxylation sites is 2. The highest BCUT2D eigenvalue weighted by atomic mass is 32.1. The maximum atomic E-state index is 13.0. The zero-order valence-corrected chi connectivity index (χ0v) is 12.3. The zero-order valence-electron chi connectivity index (χ0n) is 11.5. The van der Waals surface area contributed by atoms with Crippen molar-refractivity contribution in [1.82, 2.24) is 14.5 Å². The second kappa shape index (κ2) is 5.06. The summed E-state index contributed by atoms with van der Waals surface area (Å²) in [6.45, 7) is 0.108. The molecular weight excluding hydrogens is 315 g/mol. The standard InChI is InChI=1S/C14H12F3N3OS/c1-13(21,14(15,16)17)7-20-11-5-3-2-4-9(11)19-12(20)10-6-22-8-18-10/h2-6,8,21H,7H2,1H3/t13-/m1/s1. The van der Waals surface area contributed by atoms with Crippen LogP contribution >= 0.6 is 11.3 Å². The second-order valence-corrected chi connectivity index (χ2v) is 5.87. The van der Waals surface area contributed by atoms with Gasteiger partial charge in [0.15, 0.2) is 11.4 Å². The zero-order chi connectivity index (χ0) is 16.0. The Morgan fingerprint density at radius 3 is 2.64 bits per heavy atom. The van der Waals surface area contributed by atoms with Crippen molar-refractivity contribution in [2.75, 3.05) is 0 Å². The van der Waals surface area contributed by atoms with Crippen LogP contribution in [0, 0.1) is 0 Å². The van der Waals surface area contributed by atoms with Gasteiger partial charge in [-0.25, -0.2) is 9.97 Å². The summed E-state index contributed by atoms with van der Waals surface area (Å²) < 4.78 is 40.4. The Bertz CT molecular complexity index is 793. The molecule has 1 N–H and O–H groups in total. The van der Waals surface area contributed by atoms with Crippen LogP contribution in [0.2, 0.25) is 0 Å². The van der Waals surface area contributed by atoms with Crippen molar-refractivity contribution in [3.63, 3.8) is 0 Å². The predicted octanol–water partition coefficient (Wildman–Crippen LogP) is 3.47. The topological polar surface area (TPSA) is 50.9 Å². The number of hydrogen-bond donors (Lipinski definition) is 1. The van der Waals surface area contributed by atoms with Crippen LogP contribution in [0.25, 0.3) is 22.6 Å². The van der Waals surface area contributed by atoms with Crippen LogP contribution in [0.3, 0.4) is 0 Å². The normalized spacial score (nSPS) is 15.1. The Balaban J connectivity index is 2.17. The van der Waals surface area contributed by atoms with Crippen LogP contribution in [0.4, 0.5) is 13.2 Å². The molecule has 0 amide bonds. The maximum absolute atomic E-state index is 13.0. The summed E-state index contributed by atoms with van der Waals surface area (Å²) in [6.07, 6.45) is -4.74. The van der Waals surface area contributed by atoms with Crippen LogP contribution in [-0.4, -0.2) is 31.4 Å². The molecule has 1 atom stereocenters. The van der Waals surface area contributed by atoms with E-state index in [4.69, 9.17) is 0 Å². The minimum atomic E-state index is -4.74. The molecule has 4 nitrogen and oxygen atoms in total. The largest absolute Gasteiger partial charge is 0.418 e. The molecule has 3 aromatic rings. The van der Waals surface area contributed by atoms with E-state index in [0.717, 1.165) is 6.92 Å². The smallest absolute Gasteiger partial charge is 0.379 e. The van der Waals surface area contributed by atoms with Crippen molar-refractivity contribution in [2.24, 2.45) is 0 Å². The molecule has 0 bridgehead atoms. The third-order valence-electron chi connectivity index (χ3n) is 3.39. The van der Waals surface area contributed by atoms with Gasteiger partial charge in [-0.15, -0.1) is 11.3 Å². The summed E-state index contributed by atoms with van der Waals surface area (Å²) >= 11 is 1.33. The second-order valence-electron chi connectivity index (χ2n) is 5.16. The first kappa shape index (κ1) is 15.0. The molecule has 0 aliphatic heterocycles. The molecule has 2 heterocycles. The summed E-state index contributed by atoms with van der Waals surface area (Å²) in [5, 5.41) is 11.5. The Hall–Kier alpha value is -1.93. The lowest BCUT2D eigenvalue weighted by atomic mass is 10.1. The van der Waals surface area contributed by atoms with Crippen LogP contribution in [0.1, 0.15) is 6.92 Å². The molecule has 116 valence electrons. The minimum Gasteiger partial charge on any atom is -0.379 e. The van der Waals surface area contributed by atoms with E-state index in [0.29, 0.717) is 22.6 Å². The quantitative estimate of drug-likeness (QED) is 0.801. The highest BCUT2D eigenvalue weighted by Gasteiger charge is 2.50. The fraction of sp³-hybridized carbons (Fsp3) is 0.286. The highest BCUT2D eigenvalue weighted by Crippen LogP contribution is 2.34. The van der Waals surface area contributed by atoms with E-state index < -0.39 is 18.3 Å². The number of aliphatic hydroxyl groups is 1. The maximum Gasteiger partial charge on any atom is 0.418 e. The molecule has 0 radical (unpaired) electrons. The molecule has 0 spiro atoms.